The molecule has 0 aliphatic carbocycles. The van der Waals surface area contributed by atoms with E-state index in [1.165, 1.54) is 0 Å². The number of rotatable bonds is 5. The first-order valence-electron chi connectivity index (χ1n) is 5.75. The fourth-order valence-electron chi connectivity index (χ4n) is 1.49. The van der Waals surface area contributed by atoms with E-state index in [9.17, 15) is 9.59 Å². The highest BCUT2D eigenvalue weighted by Gasteiger charge is 2.10. The van der Waals surface area contributed by atoms with Crippen LogP contribution in [0.5, 0.6) is 5.75 Å². The number of carbonyl (C=O) groups is 2. The lowest BCUT2D eigenvalue weighted by atomic mass is 10.0. The molecule has 18 heavy (non-hydrogen) atoms. The first-order valence-corrected chi connectivity index (χ1v) is 5.75. The number of carboxylic acids is 1. The van der Waals surface area contributed by atoms with Gasteiger partial charge in [0.25, 0.3) is 0 Å². The number of carboxylic acid groups (broad SMARTS) is 1. The molecule has 2 N–H and O–H groups in total. The van der Waals surface area contributed by atoms with Crippen LogP contribution in [0, 0.1) is 0 Å². The van der Waals surface area contributed by atoms with Crippen molar-refractivity contribution in [1.82, 2.24) is 5.32 Å². The van der Waals surface area contributed by atoms with Crippen LogP contribution in [0.3, 0.4) is 0 Å². The van der Waals surface area contributed by atoms with Crippen molar-refractivity contribution in [3.63, 3.8) is 0 Å². The molecule has 0 fully saturated rings. The molecule has 1 rings (SSSR count). The van der Waals surface area contributed by atoms with E-state index in [-0.39, 0.29) is 13.2 Å². The Morgan fingerprint density at radius 2 is 2.00 bits per heavy atom. The fourth-order valence-corrected chi connectivity index (χ4v) is 1.49. The molecule has 1 aromatic carbocycles. The first kappa shape index (κ1) is 14.0. The Balaban J connectivity index is 2.44. The van der Waals surface area contributed by atoms with Crippen LogP contribution < -0.4 is 10.1 Å². The summed E-state index contributed by atoms with van der Waals surface area (Å²) in [4.78, 5) is 21.0. The van der Waals surface area contributed by atoms with Crippen LogP contribution in [0.25, 0.3) is 0 Å². The number of ether oxygens (including phenoxy) is 1. The Morgan fingerprint density at radius 3 is 2.61 bits per heavy atom. The number of hydrogen-bond donors (Lipinski definition) is 2. The van der Waals surface area contributed by atoms with Gasteiger partial charge in [0.15, 0.2) is 0 Å². The summed E-state index contributed by atoms with van der Waals surface area (Å²) < 4.78 is 5.52. The van der Waals surface area contributed by atoms with Crippen molar-refractivity contribution in [1.29, 1.82) is 0 Å². The Bertz CT molecular complexity index is 429. The Hall–Kier alpha value is -2.04. The molecule has 0 saturated heterocycles. The van der Waals surface area contributed by atoms with E-state index < -0.39 is 11.9 Å². The van der Waals surface area contributed by atoms with E-state index in [0.717, 1.165) is 11.3 Å². The van der Waals surface area contributed by atoms with Crippen LogP contribution >= 0.6 is 0 Å². The van der Waals surface area contributed by atoms with Gasteiger partial charge < -0.3 is 15.2 Å². The second-order valence-electron chi connectivity index (χ2n) is 4.10. The van der Waals surface area contributed by atoms with Crippen LogP contribution in [0.2, 0.25) is 0 Å². The van der Waals surface area contributed by atoms with Crippen LogP contribution in [-0.4, -0.2) is 30.1 Å². The molecule has 0 bridgehead atoms. The smallest absolute Gasteiger partial charge is 0.394 e. The molecule has 1 amide bonds. The average Bonchev–Trinajstić information content (AvgIpc) is 2.34. The van der Waals surface area contributed by atoms with Gasteiger partial charge in [0.05, 0.1) is 6.54 Å². The van der Waals surface area contributed by atoms with Crippen LogP contribution in [0.15, 0.2) is 24.3 Å². The number of hydrogen-bond acceptors (Lipinski definition) is 3. The molecule has 0 spiro atoms. The lowest BCUT2D eigenvalue weighted by Gasteiger charge is -2.13. The molecule has 0 radical (unpaired) electrons. The van der Waals surface area contributed by atoms with Crippen molar-refractivity contribution in [3.05, 3.63) is 29.8 Å². The van der Waals surface area contributed by atoms with Gasteiger partial charge in [-0.2, -0.15) is 0 Å². The maximum absolute atomic E-state index is 10.8. The molecule has 0 atom stereocenters. The average molecular weight is 251 g/mol. The highest BCUT2D eigenvalue weighted by Crippen LogP contribution is 2.25. The highest BCUT2D eigenvalue weighted by atomic mass is 16.5. The minimum atomic E-state index is -1.49. The Kier molecular flexibility index (Phi) is 5.17. The van der Waals surface area contributed by atoms with E-state index in [1.54, 1.807) is 0 Å². The molecule has 0 aliphatic rings. The number of aliphatic carboxylic acids is 1. The molecule has 0 aliphatic heterocycles. The van der Waals surface area contributed by atoms with E-state index >= 15 is 0 Å². The maximum Gasteiger partial charge on any atom is 0.394 e. The quantitative estimate of drug-likeness (QED) is 0.612. The van der Waals surface area contributed by atoms with Gasteiger partial charge in [0.2, 0.25) is 0 Å². The van der Waals surface area contributed by atoms with Crippen LogP contribution in [-0.2, 0) is 9.59 Å². The van der Waals surface area contributed by atoms with E-state index in [4.69, 9.17) is 9.84 Å². The monoisotopic (exact) mass is 251 g/mol. The SMILES string of the molecule is CC(C)c1ccccc1OCCNC(=O)C(=O)O. The third-order valence-corrected chi connectivity index (χ3v) is 2.38. The predicted molar refractivity (Wildman–Crippen MR) is 66.7 cm³/mol. The fraction of sp³-hybridized carbons (Fsp3) is 0.385. The van der Waals surface area contributed by atoms with Crippen molar-refractivity contribution >= 4 is 11.9 Å². The molecule has 0 heterocycles. The highest BCUT2D eigenvalue weighted by molar-refractivity contribution is 6.31. The third kappa shape index (κ3) is 4.08. The topological polar surface area (TPSA) is 75.6 Å². The van der Waals surface area contributed by atoms with E-state index in [1.807, 2.05) is 24.3 Å². The molecule has 0 aromatic heterocycles. The van der Waals surface area contributed by atoms with Gasteiger partial charge in [-0.3, -0.25) is 4.79 Å². The second-order valence-corrected chi connectivity index (χ2v) is 4.10. The normalized spacial score (nSPS) is 10.2. The van der Waals surface area contributed by atoms with Crippen LogP contribution in [0.4, 0.5) is 0 Å². The molecule has 1 aromatic rings. The second kappa shape index (κ2) is 6.64. The maximum atomic E-state index is 10.8. The van der Waals surface area contributed by atoms with Crippen molar-refractivity contribution in [2.45, 2.75) is 19.8 Å². The summed E-state index contributed by atoms with van der Waals surface area (Å²) in [5.74, 6) is -1.40. The van der Waals surface area contributed by atoms with Gasteiger partial charge >= 0.3 is 11.9 Å². The van der Waals surface area contributed by atoms with Crippen molar-refractivity contribution in [3.8, 4) is 5.75 Å². The minimum Gasteiger partial charge on any atom is -0.491 e. The van der Waals surface area contributed by atoms with E-state index in [2.05, 4.69) is 19.2 Å². The van der Waals surface area contributed by atoms with Gasteiger partial charge in [-0.05, 0) is 17.5 Å². The zero-order valence-electron chi connectivity index (χ0n) is 10.5. The standard InChI is InChI=1S/C13H17NO4/c1-9(2)10-5-3-4-6-11(10)18-8-7-14-12(15)13(16)17/h3-6,9H,7-8H2,1-2H3,(H,14,15)(H,16,17). The lowest BCUT2D eigenvalue weighted by Crippen LogP contribution is -2.33. The minimum absolute atomic E-state index is 0.164. The lowest BCUT2D eigenvalue weighted by molar-refractivity contribution is -0.150. The number of benzene rings is 1. The third-order valence-electron chi connectivity index (χ3n) is 2.38. The first-order chi connectivity index (χ1) is 8.52. The Labute approximate surface area is 106 Å². The summed E-state index contributed by atoms with van der Waals surface area (Å²) in [6, 6.07) is 7.65. The molecular weight excluding hydrogens is 234 g/mol. The number of amides is 1. The number of nitrogens with one attached hydrogen (secondary N) is 1. The predicted octanol–water partition coefficient (Wildman–Crippen LogP) is 1.39. The largest absolute Gasteiger partial charge is 0.491 e. The van der Waals surface area contributed by atoms with Gasteiger partial charge in [-0.25, -0.2) is 4.79 Å². The summed E-state index contributed by atoms with van der Waals surface area (Å²) in [7, 11) is 0. The van der Waals surface area contributed by atoms with Crippen molar-refractivity contribution < 1.29 is 19.4 Å². The number of para-hydroxylation sites is 1. The zero-order chi connectivity index (χ0) is 13.5. The molecule has 5 nitrogen and oxygen atoms in total. The molecule has 98 valence electrons. The summed E-state index contributed by atoms with van der Waals surface area (Å²) in [5.41, 5.74) is 1.09. The van der Waals surface area contributed by atoms with Gasteiger partial charge in [0, 0.05) is 0 Å². The molecular formula is C13H17NO4. The van der Waals surface area contributed by atoms with Gasteiger partial charge in [0.1, 0.15) is 12.4 Å². The summed E-state index contributed by atoms with van der Waals surface area (Å²) in [6.07, 6.45) is 0. The summed E-state index contributed by atoms with van der Waals surface area (Å²) in [6.45, 7) is 4.53. The van der Waals surface area contributed by atoms with Crippen molar-refractivity contribution in [2.75, 3.05) is 13.2 Å². The van der Waals surface area contributed by atoms with Crippen molar-refractivity contribution in [2.24, 2.45) is 0 Å². The zero-order valence-corrected chi connectivity index (χ0v) is 10.5. The molecule has 0 saturated carbocycles. The summed E-state index contributed by atoms with van der Waals surface area (Å²) >= 11 is 0. The van der Waals surface area contributed by atoms with E-state index in [0.29, 0.717) is 5.92 Å². The van der Waals surface area contributed by atoms with Gasteiger partial charge in [-0.15, -0.1) is 0 Å². The Morgan fingerprint density at radius 1 is 1.33 bits per heavy atom. The van der Waals surface area contributed by atoms with Gasteiger partial charge in [-0.1, -0.05) is 32.0 Å². The molecule has 5 heteroatoms. The summed E-state index contributed by atoms with van der Waals surface area (Å²) in [5, 5.41) is 10.6. The number of carbonyl (C=O) groups excluding carboxylic acids is 1. The van der Waals surface area contributed by atoms with Crippen LogP contribution in [0.1, 0.15) is 25.3 Å². The molecule has 0 unspecified atom stereocenters.